The number of carbonyl (C=O) groups is 2. The lowest BCUT2D eigenvalue weighted by Crippen LogP contribution is -2.36. The molecule has 0 bridgehead atoms. The monoisotopic (exact) mass is 308 g/mol. The first-order valence-corrected chi connectivity index (χ1v) is 5.66. The molecule has 3 N–H and O–H groups in total. The van der Waals surface area contributed by atoms with Crippen molar-refractivity contribution in [2.24, 2.45) is 0 Å². The maximum atomic E-state index is 13.4. The van der Waals surface area contributed by atoms with E-state index < -0.39 is 37.0 Å². The minimum Gasteiger partial charge on any atom is -0.452 e. The molecule has 0 saturated carbocycles. The number of ether oxygens (including phenoxy) is 1. The highest BCUT2D eigenvalue weighted by atomic mass is 19.4. The number of anilines is 1. The molecular formula is C12H12F4N2O3. The maximum Gasteiger partial charge on any atom is 0.405 e. The zero-order valence-electron chi connectivity index (χ0n) is 10.9. The Hall–Kier alpha value is -2.32. The SMILES string of the molecule is Cc1c(N)cc(C(=O)OCC(=O)NCC(F)(F)F)cc1F. The first kappa shape index (κ1) is 16.7. The predicted molar refractivity (Wildman–Crippen MR) is 64.9 cm³/mol. The number of amides is 1. The Bertz CT molecular complexity index is 535. The molecule has 1 rings (SSSR count). The first-order chi connectivity index (χ1) is 9.60. The van der Waals surface area contributed by atoms with Crippen molar-refractivity contribution in [2.75, 3.05) is 18.9 Å². The lowest BCUT2D eigenvalue weighted by Gasteiger charge is -2.09. The van der Waals surface area contributed by atoms with Crippen molar-refractivity contribution in [1.82, 2.24) is 5.32 Å². The summed E-state index contributed by atoms with van der Waals surface area (Å²) in [5.74, 6) is -2.92. The second-order valence-electron chi connectivity index (χ2n) is 4.14. The van der Waals surface area contributed by atoms with Crippen molar-refractivity contribution in [1.29, 1.82) is 0 Å². The Morgan fingerprint density at radius 1 is 1.33 bits per heavy atom. The molecule has 5 nitrogen and oxygen atoms in total. The van der Waals surface area contributed by atoms with Gasteiger partial charge in [0.15, 0.2) is 6.61 Å². The van der Waals surface area contributed by atoms with Crippen LogP contribution in [-0.2, 0) is 9.53 Å². The van der Waals surface area contributed by atoms with E-state index in [0.717, 1.165) is 12.1 Å². The number of rotatable bonds is 4. The second-order valence-corrected chi connectivity index (χ2v) is 4.14. The lowest BCUT2D eigenvalue weighted by atomic mass is 10.1. The molecule has 1 aromatic carbocycles. The number of carbonyl (C=O) groups excluding carboxylic acids is 2. The fraction of sp³-hybridized carbons (Fsp3) is 0.333. The molecule has 0 saturated heterocycles. The van der Waals surface area contributed by atoms with E-state index in [1.807, 2.05) is 0 Å². The van der Waals surface area contributed by atoms with Gasteiger partial charge < -0.3 is 15.8 Å². The quantitative estimate of drug-likeness (QED) is 0.502. The van der Waals surface area contributed by atoms with Crippen molar-refractivity contribution in [3.63, 3.8) is 0 Å². The van der Waals surface area contributed by atoms with Gasteiger partial charge in [0.1, 0.15) is 12.4 Å². The molecule has 0 spiro atoms. The predicted octanol–water partition coefficient (Wildman–Crippen LogP) is 1.55. The molecule has 1 amide bonds. The van der Waals surface area contributed by atoms with Crippen molar-refractivity contribution in [3.05, 3.63) is 29.1 Å². The van der Waals surface area contributed by atoms with E-state index >= 15 is 0 Å². The number of nitrogens with one attached hydrogen (secondary N) is 1. The number of alkyl halides is 3. The number of hydrogen-bond donors (Lipinski definition) is 2. The Labute approximate surface area is 117 Å². The highest BCUT2D eigenvalue weighted by Crippen LogP contribution is 2.18. The van der Waals surface area contributed by atoms with E-state index in [4.69, 9.17) is 5.73 Å². The van der Waals surface area contributed by atoms with E-state index in [-0.39, 0.29) is 16.8 Å². The topological polar surface area (TPSA) is 81.4 Å². The molecule has 9 heteroatoms. The Balaban J connectivity index is 2.57. The van der Waals surface area contributed by atoms with Gasteiger partial charge in [0.2, 0.25) is 0 Å². The highest BCUT2D eigenvalue weighted by Gasteiger charge is 2.27. The minimum atomic E-state index is -4.56. The number of benzene rings is 1. The van der Waals surface area contributed by atoms with Crippen molar-refractivity contribution in [3.8, 4) is 0 Å². The van der Waals surface area contributed by atoms with E-state index in [2.05, 4.69) is 4.74 Å². The van der Waals surface area contributed by atoms with Crippen LogP contribution >= 0.6 is 0 Å². The van der Waals surface area contributed by atoms with Crippen molar-refractivity contribution in [2.45, 2.75) is 13.1 Å². The standard InChI is InChI=1S/C12H12F4N2O3/c1-6-8(13)2-7(3-9(6)17)11(20)21-4-10(19)18-5-12(14,15)16/h2-3H,4-5,17H2,1H3,(H,18,19). The zero-order valence-corrected chi connectivity index (χ0v) is 10.9. The molecule has 1 aromatic rings. The van der Waals surface area contributed by atoms with Gasteiger partial charge in [0.25, 0.3) is 5.91 Å². The molecule has 0 aliphatic rings. The molecule has 0 atom stereocenters. The molecule has 0 aliphatic carbocycles. The van der Waals surface area contributed by atoms with Crippen LogP contribution in [-0.4, -0.2) is 31.2 Å². The van der Waals surface area contributed by atoms with Crippen LogP contribution in [0.15, 0.2) is 12.1 Å². The third kappa shape index (κ3) is 5.28. The number of halogens is 4. The lowest BCUT2D eigenvalue weighted by molar-refractivity contribution is -0.140. The summed E-state index contributed by atoms with van der Waals surface area (Å²) in [5.41, 5.74) is 5.39. The van der Waals surface area contributed by atoms with Crippen LogP contribution in [0.4, 0.5) is 23.2 Å². The van der Waals surface area contributed by atoms with Crippen LogP contribution in [0.25, 0.3) is 0 Å². The summed E-state index contributed by atoms with van der Waals surface area (Å²) in [4.78, 5) is 22.5. The second kappa shape index (κ2) is 6.42. The van der Waals surface area contributed by atoms with Gasteiger partial charge in [-0.05, 0) is 19.1 Å². The average Bonchev–Trinajstić information content (AvgIpc) is 2.38. The number of nitrogens with two attached hydrogens (primary N) is 1. The molecule has 0 heterocycles. The molecule has 21 heavy (non-hydrogen) atoms. The highest BCUT2D eigenvalue weighted by molar-refractivity contribution is 5.92. The zero-order chi connectivity index (χ0) is 16.2. The van der Waals surface area contributed by atoms with E-state index in [1.165, 1.54) is 12.2 Å². The summed E-state index contributed by atoms with van der Waals surface area (Å²) >= 11 is 0. The van der Waals surface area contributed by atoms with Gasteiger partial charge in [0.05, 0.1) is 5.56 Å². The maximum absolute atomic E-state index is 13.4. The summed E-state index contributed by atoms with van der Waals surface area (Å²) in [6.07, 6.45) is -4.56. The third-order valence-electron chi connectivity index (χ3n) is 2.44. The van der Waals surface area contributed by atoms with Crippen molar-refractivity contribution >= 4 is 17.6 Å². The Kier molecular flexibility index (Phi) is 5.12. The number of hydrogen-bond acceptors (Lipinski definition) is 4. The van der Waals surface area contributed by atoms with Crippen LogP contribution in [0.5, 0.6) is 0 Å². The molecule has 0 aliphatic heterocycles. The van der Waals surface area contributed by atoms with Crippen LogP contribution in [0.1, 0.15) is 15.9 Å². The smallest absolute Gasteiger partial charge is 0.405 e. The van der Waals surface area contributed by atoms with Crippen molar-refractivity contribution < 1.29 is 31.9 Å². The summed E-state index contributed by atoms with van der Waals surface area (Å²) in [6.45, 7) is -1.04. The minimum absolute atomic E-state index is 0.0171. The van der Waals surface area contributed by atoms with Gasteiger partial charge in [-0.25, -0.2) is 9.18 Å². The molecule has 0 radical (unpaired) electrons. The summed E-state index contributed by atoms with van der Waals surface area (Å²) < 4.78 is 53.3. The van der Waals surface area contributed by atoms with Gasteiger partial charge in [-0.3, -0.25) is 4.79 Å². The van der Waals surface area contributed by atoms with Crippen LogP contribution < -0.4 is 11.1 Å². The molecular weight excluding hydrogens is 296 g/mol. The summed E-state index contributed by atoms with van der Waals surface area (Å²) in [6, 6.07) is 2.01. The molecule has 0 aromatic heterocycles. The largest absolute Gasteiger partial charge is 0.452 e. The average molecular weight is 308 g/mol. The molecule has 116 valence electrons. The Morgan fingerprint density at radius 3 is 2.48 bits per heavy atom. The van der Waals surface area contributed by atoms with E-state index in [9.17, 15) is 27.2 Å². The molecule has 0 fully saturated rings. The first-order valence-electron chi connectivity index (χ1n) is 5.66. The third-order valence-corrected chi connectivity index (χ3v) is 2.44. The van der Waals surface area contributed by atoms with Crippen LogP contribution in [0, 0.1) is 12.7 Å². The van der Waals surface area contributed by atoms with Gasteiger partial charge in [-0.1, -0.05) is 0 Å². The number of esters is 1. The van der Waals surface area contributed by atoms with Gasteiger partial charge in [-0.15, -0.1) is 0 Å². The van der Waals surface area contributed by atoms with E-state index in [1.54, 1.807) is 0 Å². The van der Waals surface area contributed by atoms with Gasteiger partial charge >= 0.3 is 12.1 Å². The van der Waals surface area contributed by atoms with Gasteiger partial charge in [-0.2, -0.15) is 13.2 Å². The van der Waals surface area contributed by atoms with Crippen LogP contribution in [0.3, 0.4) is 0 Å². The Morgan fingerprint density at radius 2 is 1.95 bits per heavy atom. The van der Waals surface area contributed by atoms with Gasteiger partial charge in [0, 0.05) is 11.3 Å². The number of nitrogen functional groups attached to an aromatic ring is 1. The fourth-order valence-corrected chi connectivity index (χ4v) is 1.28. The normalized spacial score (nSPS) is 11.1. The summed E-state index contributed by atoms with van der Waals surface area (Å²) in [7, 11) is 0. The summed E-state index contributed by atoms with van der Waals surface area (Å²) in [5, 5.41) is 1.52. The van der Waals surface area contributed by atoms with E-state index in [0.29, 0.717) is 0 Å². The molecule has 0 unspecified atom stereocenters. The van der Waals surface area contributed by atoms with Crippen LogP contribution in [0.2, 0.25) is 0 Å². The fourth-order valence-electron chi connectivity index (χ4n) is 1.28.